The number of hydrogen-bond donors (Lipinski definition) is 0. The largest absolute Gasteiger partial charge is 0.485 e. The van der Waals surface area contributed by atoms with Gasteiger partial charge in [-0.2, -0.15) is 5.26 Å². The number of carbonyl (C=O) groups excluding carboxylic acids is 1. The minimum Gasteiger partial charge on any atom is -0.485 e. The maximum absolute atomic E-state index is 11.3. The minimum atomic E-state index is -0.292. The second-order valence-electron chi connectivity index (χ2n) is 3.98. The van der Waals surface area contributed by atoms with Gasteiger partial charge in [-0.3, -0.25) is 4.79 Å². The van der Waals surface area contributed by atoms with Crippen LogP contribution in [0, 0.1) is 22.7 Å². The number of allylic oxidation sites excluding steroid dienone is 1. The van der Waals surface area contributed by atoms with E-state index in [0.717, 1.165) is 12.7 Å². The third-order valence-electron chi connectivity index (χ3n) is 2.41. The van der Waals surface area contributed by atoms with Gasteiger partial charge in [0.1, 0.15) is 12.3 Å². The number of carbonyl (C=O) groups is 1. The summed E-state index contributed by atoms with van der Waals surface area (Å²) in [6, 6.07) is 1.75. The maximum Gasteiger partial charge on any atom is 0.314 e. The molecule has 1 saturated carbocycles. The Morgan fingerprint density at radius 2 is 2.21 bits per heavy atom. The number of hydrogen-bond acceptors (Lipinski definition) is 4. The monoisotopic (exact) mass is 195 g/mol. The SMILES string of the molecule is CO/C(C#N)=C/OC(=O)C1CC1(C)C. The Hall–Kier alpha value is -1.50. The molecule has 0 aliphatic heterocycles. The molecule has 0 aromatic rings. The number of ether oxygens (including phenoxy) is 2. The van der Waals surface area contributed by atoms with Gasteiger partial charge in [-0.25, -0.2) is 0 Å². The smallest absolute Gasteiger partial charge is 0.314 e. The minimum absolute atomic E-state index is 0.00296. The summed E-state index contributed by atoms with van der Waals surface area (Å²) in [6.45, 7) is 4.01. The molecular weight excluding hydrogens is 182 g/mol. The number of nitriles is 1. The van der Waals surface area contributed by atoms with E-state index >= 15 is 0 Å². The lowest BCUT2D eigenvalue weighted by atomic mass is 10.1. The van der Waals surface area contributed by atoms with Crippen molar-refractivity contribution in [1.29, 1.82) is 5.26 Å². The van der Waals surface area contributed by atoms with Gasteiger partial charge in [0.15, 0.2) is 0 Å². The van der Waals surface area contributed by atoms with Crippen molar-refractivity contribution in [2.24, 2.45) is 11.3 Å². The van der Waals surface area contributed by atoms with Crippen LogP contribution >= 0.6 is 0 Å². The summed E-state index contributed by atoms with van der Waals surface area (Å²) in [7, 11) is 1.35. The van der Waals surface area contributed by atoms with E-state index in [9.17, 15) is 4.79 Å². The fourth-order valence-corrected chi connectivity index (χ4v) is 1.18. The van der Waals surface area contributed by atoms with Crippen molar-refractivity contribution in [3.05, 3.63) is 12.0 Å². The lowest BCUT2D eigenvalue weighted by Gasteiger charge is -2.01. The summed E-state index contributed by atoms with van der Waals surface area (Å²) in [5.74, 6) is -0.341. The molecule has 1 aliphatic carbocycles. The number of rotatable bonds is 3. The third-order valence-corrected chi connectivity index (χ3v) is 2.41. The summed E-state index contributed by atoms with van der Waals surface area (Å²) in [5.41, 5.74) is 0.0464. The van der Waals surface area contributed by atoms with Crippen molar-refractivity contribution in [3.63, 3.8) is 0 Å². The summed E-state index contributed by atoms with van der Waals surface area (Å²) in [6.07, 6.45) is 1.89. The fraction of sp³-hybridized carbons (Fsp3) is 0.600. The maximum atomic E-state index is 11.3. The number of esters is 1. The molecule has 0 saturated heterocycles. The highest BCUT2D eigenvalue weighted by Crippen LogP contribution is 2.52. The van der Waals surface area contributed by atoms with Crippen molar-refractivity contribution in [1.82, 2.24) is 0 Å². The van der Waals surface area contributed by atoms with Crippen LogP contribution in [0.2, 0.25) is 0 Å². The van der Waals surface area contributed by atoms with Crippen LogP contribution in [0.25, 0.3) is 0 Å². The van der Waals surface area contributed by atoms with Gasteiger partial charge in [0, 0.05) is 0 Å². The van der Waals surface area contributed by atoms with Crippen LogP contribution < -0.4 is 0 Å². The molecule has 0 radical (unpaired) electrons. The van der Waals surface area contributed by atoms with E-state index in [-0.39, 0.29) is 23.1 Å². The van der Waals surface area contributed by atoms with Crippen LogP contribution in [0.3, 0.4) is 0 Å². The van der Waals surface area contributed by atoms with Crippen molar-refractivity contribution in [2.75, 3.05) is 7.11 Å². The zero-order chi connectivity index (χ0) is 10.8. The zero-order valence-corrected chi connectivity index (χ0v) is 8.53. The standard InChI is InChI=1S/C10H13NO3/c1-10(2)4-8(10)9(12)14-6-7(5-11)13-3/h6,8H,4H2,1-3H3/b7-6+. The molecule has 14 heavy (non-hydrogen) atoms. The normalized spacial score (nSPS) is 23.6. The molecular formula is C10H13NO3. The van der Waals surface area contributed by atoms with Gasteiger partial charge in [-0.1, -0.05) is 13.8 Å². The summed E-state index contributed by atoms with van der Waals surface area (Å²) in [5, 5.41) is 8.46. The Morgan fingerprint density at radius 3 is 2.57 bits per heavy atom. The predicted octanol–water partition coefficient (Wildman–Crippen LogP) is 1.59. The second kappa shape index (κ2) is 3.70. The van der Waals surface area contributed by atoms with Crippen LogP contribution in [-0.4, -0.2) is 13.1 Å². The van der Waals surface area contributed by atoms with Gasteiger partial charge in [0.25, 0.3) is 0 Å². The Labute approximate surface area is 83.1 Å². The van der Waals surface area contributed by atoms with E-state index in [1.807, 2.05) is 13.8 Å². The van der Waals surface area contributed by atoms with Crippen molar-refractivity contribution >= 4 is 5.97 Å². The first kappa shape index (κ1) is 10.6. The van der Waals surface area contributed by atoms with Crippen LogP contribution in [-0.2, 0) is 14.3 Å². The summed E-state index contributed by atoms with van der Waals surface area (Å²) >= 11 is 0. The third kappa shape index (κ3) is 2.25. The topological polar surface area (TPSA) is 59.3 Å². The molecule has 0 spiro atoms. The van der Waals surface area contributed by atoms with Gasteiger partial charge >= 0.3 is 5.97 Å². The van der Waals surface area contributed by atoms with Crippen molar-refractivity contribution in [2.45, 2.75) is 20.3 Å². The Morgan fingerprint density at radius 1 is 1.64 bits per heavy atom. The zero-order valence-electron chi connectivity index (χ0n) is 8.53. The highest BCUT2D eigenvalue weighted by molar-refractivity contribution is 5.77. The predicted molar refractivity (Wildman–Crippen MR) is 48.7 cm³/mol. The lowest BCUT2D eigenvalue weighted by Crippen LogP contribution is -2.07. The molecule has 1 unspecified atom stereocenters. The van der Waals surface area contributed by atoms with Crippen molar-refractivity contribution < 1.29 is 14.3 Å². The van der Waals surface area contributed by atoms with Gasteiger partial charge < -0.3 is 9.47 Å². The molecule has 1 rings (SSSR count). The average Bonchev–Trinajstić information content (AvgIpc) is 2.77. The highest BCUT2D eigenvalue weighted by Gasteiger charge is 2.51. The van der Waals surface area contributed by atoms with Gasteiger partial charge in [0.05, 0.1) is 13.0 Å². The second-order valence-corrected chi connectivity index (χ2v) is 3.98. The first-order valence-corrected chi connectivity index (χ1v) is 4.36. The molecule has 1 atom stereocenters. The molecule has 0 heterocycles. The number of methoxy groups -OCH3 is 1. The molecule has 0 bridgehead atoms. The molecule has 1 aliphatic rings. The highest BCUT2D eigenvalue weighted by atomic mass is 16.5. The Balaban J connectivity index is 2.44. The molecule has 0 aromatic carbocycles. The van der Waals surface area contributed by atoms with Crippen LogP contribution in [0.1, 0.15) is 20.3 Å². The molecule has 0 aromatic heterocycles. The van der Waals surface area contributed by atoms with E-state index in [0.29, 0.717) is 0 Å². The van der Waals surface area contributed by atoms with E-state index in [1.165, 1.54) is 7.11 Å². The first-order chi connectivity index (χ1) is 6.51. The fourth-order valence-electron chi connectivity index (χ4n) is 1.18. The van der Waals surface area contributed by atoms with Crippen molar-refractivity contribution in [3.8, 4) is 6.07 Å². The van der Waals surface area contributed by atoms with Gasteiger partial charge in [-0.05, 0) is 11.8 Å². The molecule has 0 amide bonds. The molecule has 0 N–H and O–H groups in total. The molecule has 4 heteroatoms. The summed E-state index contributed by atoms with van der Waals surface area (Å²) < 4.78 is 9.42. The number of nitrogens with zero attached hydrogens (tertiary/aromatic N) is 1. The molecule has 76 valence electrons. The Bertz CT molecular complexity index is 312. The molecule has 1 fully saturated rings. The van der Waals surface area contributed by atoms with E-state index < -0.39 is 0 Å². The van der Waals surface area contributed by atoms with Gasteiger partial charge in [0.2, 0.25) is 5.76 Å². The first-order valence-electron chi connectivity index (χ1n) is 4.36. The van der Waals surface area contributed by atoms with Crippen LogP contribution in [0.15, 0.2) is 12.0 Å². The van der Waals surface area contributed by atoms with Crippen LogP contribution in [0.5, 0.6) is 0 Å². The van der Waals surface area contributed by atoms with E-state index in [4.69, 9.17) is 10.00 Å². The molecule has 4 nitrogen and oxygen atoms in total. The quantitative estimate of drug-likeness (QED) is 0.390. The summed E-state index contributed by atoms with van der Waals surface area (Å²) in [4.78, 5) is 11.3. The Kier molecular flexibility index (Phi) is 2.80. The van der Waals surface area contributed by atoms with E-state index in [2.05, 4.69) is 4.74 Å². The lowest BCUT2D eigenvalue weighted by molar-refractivity contribution is -0.140. The van der Waals surface area contributed by atoms with Crippen LogP contribution in [0.4, 0.5) is 0 Å². The van der Waals surface area contributed by atoms with Gasteiger partial charge in [-0.15, -0.1) is 0 Å². The van der Waals surface area contributed by atoms with E-state index in [1.54, 1.807) is 6.07 Å². The average molecular weight is 195 g/mol.